The van der Waals surface area contributed by atoms with Gasteiger partial charge >= 0.3 is 0 Å². The summed E-state index contributed by atoms with van der Waals surface area (Å²) in [5.41, 5.74) is 0.871. The van der Waals surface area contributed by atoms with Crippen LogP contribution in [0.3, 0.4) is 0 Å². The summed E-state index contributed by atoms with van der Waals surface area (Å²) in [6.45, 7) is 1.88. The van der Waals surface area contributed by atoms with Crippen molar-refractivity contribution in [3.63, 3.8) is 0 Å². The smallest absolute Gasteiger partial charge is 0.198 e. The zero-order valence-electron chi connectivity index (χ0n) is 15.0. The Labute approximate surface area is 173 Å². The maximum Gasteiger partial charge on any atom is 0.198 e. The molecule has 1 aromatic carbocycles. The first-order valence-corrected chi connectivity index (χ1v) is 10.0. The van der Waals surface area contributed by atoms with Gasteiger partial charge in [0.25, 0.3) is 0 Å². The fourth-order valence-corrected chi connectivity index (χ4v) is 3.72. The quantitative estimate of drug-likeness (QED) is 0.400. The van der Waals surface area contributed by atoms with Gasteiger partial charge in [-0.15, -0.1) is 11.3 Å². The second-order valence-corrected chi connectivity index (χ2v) is 7.59. The Morgan fingerprint density at radius 1 is 1.07 bits per heavy atom. The van der Waals surface area contributed by atoms with Crippen LogP contribution >= 0.6 is 23.1 Å². The Balaban J connectivity index is 1.70. The van der Waals surface area contributed by atoms with Gasteiger partial charge in [0.05, 0.1) is 10.6 Å². The minimum Gasteiger partial charge on any atom is -0.450 e. The Morgan fingerprint density at radius 2 is 1.83 bits per heavy atom. The Kier molecular flexibility index (Phi) is 5.63. The van der Waals surface area contributed by atoms with Crippen LogP contribution in [-0.2, 0) is 0 Å². The fraction of sp³-hybridized carbons (Fsp3) is 0.0526. The standard InChI is InChI=1S/C19H13F2N5OS2/c1-11-10-28-19(25-11)26-16-8-14(27-17-12(20)4-2-5-13(17)21)15(9-24-16)29-18-22-6-3-7-23-18/h2-10H,1H3,(H,24,25,26). The molecule has 6 nitrogen and oxygen atoms in total. The molecule has 1 N–H and O–H groups in total. The van der Waals surface area contributed by atoms with E-state index >= 15 is 0 Å². The van der Waals surface area contributed by atoms with Crippen LogP contribution in [0.15, 0.2) is 64.4 Å². The van der Waals surface area contributed by atoms with Crippen molar-refractivity contribution in [2.75, 3.05) is 5.32 Å². The molecule has 0 spiro atoms. The molecule has 0 atom stereocenters. The van der Waals surface area contributed by atoms with Crippen molar-refractivity contribution in [2.45, 2.75) is 17.0 Å². The third-order valence-electron chi connectivity index (χ3n) is 3.56. The fourth-order valence-electron chi connectivity index (χ4n) is 2.30. The van der Waals surface area contributed by atoms with Gasteiger partial charge in [-0.3, -0.25) is 0 Å². The number of pyridine rings is 1. The van der Waals surface area contributed by atoms with Crippen molar-refractivity contribution in [1.29, 1.82) is 0 Å². The highest BCUT2D eigenvalue weighted by Gasteiger charge is 2.16. The van der Waals surface area contributed by atoms with Gasteiger partial charge in [0.15, 0.2) is 27.7 Å². The molecular weight excluding hydrogens is 416 g/mol. The maximum atomic E-state index is 14.1. The van der Waals surface area contributed by atoms with Crippen LogP contribution in [0.2, 0.25) is 0 Å². The van der Waals surface area contributed by atoms with Crippen LogP contribution in [0.5, 0.6) is 11.5 Å². The van der Waals surface area contributed by atoms with Crippen molar-refractivity contribution in [2.24, 2.45) is 0 Å². The van der Waals surface area contributed by atoms with E-state index in [9.17, 15) is 8.78 Å². The van der Waals surface area contributed by atoms with E-state index in [-0.39, 0.29) is 5.75 Å². The lowest BCUT2D eigenvalue weighted by Gasteiger charge is -2.13. The molecule has 0 amide bonds. The number of hydrogen-bond donors (Lipinski definition) is 1. The predicted molar refractivity (Wildman–Crippen MR) is 107 cm³/mol. The summed E-state index contributed by atoms with van der Waals surface area (Å²) in [7, 11) is 0. The molecular formula is C19H13F2N5OS2. The van der Waals surface area contributed by atoms with Crippen molar-refractivity contribution in [1.82, 2.24) is 19.9 Å². The Hall–Kier alpha value is -3.11. The summed E-state index contributed by atoms with van der Waals surface area (Å²) in [5.74, 6) is -1.48. The molecule has 0 bridgehead atoms. The molecule has 0 aliphatic heterocycles. The van der Waals surface area contributed by atoms with Gasteiger partial charge in [-0.2, -0.15) is 0 Å². The number of hydrogen-bond acceptors (Lipinski definition) is 8. The molecule has 0 aliphatic rings. The molecule has 0 aliphatic carbocycles. The molecule has 29 heavy (non-hydrogen) atoms. The van der Waals surface area contributed by atoms with E-state index in [1.165, 1.54) is 35.4 Å². The van der Waals surface area contributed by atoms with E-state index in [2.05, 4.69) is 25.3 Å². The number of aromatic nitrogens is 4. The van der Waals surface area contributed by atoms with E-state index in [0.29, 0.717) is 21.0 Å². The lowest BCUT2D eigenvalue weighted by atomic mass is 10.3. The first kappa shape index (κ1) is 19.2. The maximum absolute atomic E-state index is 14.1. The van der Waals surface area contributed by atoms with Gasteiger partial charge in [-0.1, -0.05) is 6.07 Å². The number of thiazole rings is 1. The van der Waals surface area contributed by atoms with E-state index in [4.69, 9.17) is 4.74 Å². The highest BCUT2D eigenvalue weighted by Crippen LogP contribution is 2.38. The normalized spacial score (nSPS) is 10.7. The number of halogens is 2. The van der Waals surface area contributed by atoms with Crippen LogP contribution < -0.4 is 10.1 Å². The number of nitrogens with one attached hydrogen (secondary N) is 1. The lowest BCUT2D eigenvalue weighted by Crippen LogP contribution is -1.98. The van der Waals surface area contributed by atoms with E-state index in [1.54, 1.807) is 24.5 Å². The van der Waals surface area contributed by atoms with Gasteiger partial charge in [0.1, 0.15) is 11.6 Å². The first-order chi connectivity index (χ1) is 14.1. The second kappa shape index (κ2) is 8.50. The van der Waals surface area contributed by atoms with Gasteiger partial charge in [-0.25, -0.2) is 28.7 Å². The Morgan fingerprint density at radius 3 is 2.52 bits per heavy atom. The average Bonchev–Trinajstić information content (AvgIpc) is 3.12. The number of anilines is 2. The zero-order valence-corrected chi connectivity index (χ0v) is 16.6. The SMILES string of the molecule is Cc1csc(Nc2cc(Oc3c(F)cccc3F)c(Sc3ncccn3)cn2)n1. The molecule has 3 heterocycles. The monoisotopic (exact) mass is 429 g/mol. The van der Waals surface area contributed by atoms with E-state index < -0.39 is 17.4 Å². The summed E-state index contributed by atoms with van der Waals surface area (Å²) >= 11 is 2.59. The molecule has 4 rings (SSSR count). The molecule has 0 saturated heterocycles. The molecule has 0 saturated carbocycles. The van der Waals surface area contributed by atoms with Gasteiger partial charge < -0.3 is 10.1 Å². The van der Waals surface area contributed by atoms with Gasteiger partial charge in [-0.05, 0) is 36.9 Å². The summed E-state index contributed by atoms with van der Waals surface area (Å²) in [5, 5.41) is 6.05. The van der Waals surface area contributed by atoms with Crippen molar-refractivity contribution >= 4 is 34.0 Å². The van der Waals surface area contributed by atoms with Crippen LogP contribution in [-0.4, -0.2) is 19.9 Å². The lowest BCUT2D eigenvalue weighted by molar-refractivity contribution is 0.400. The number of rotatable bonds is 6. The van der Waals surface area contributed by atoms with Crippen molar-refractivity contribution < 1.29 is 13.5 Å². The summed E-state index contributed by atoms with van der Waals surface area (Å²) in [6.07, 6.45) is 4.72. The van der Waals surface area contributed by atoms with Crippen molar-refractivity contribution in [3.05, 3.63) is 71.6 Å². The van der Waals surface area contributed by atoms with Crippen LogP contribution in [0, 0.1) is 18.6 Å². The minimum absolute atomic E-state index is 0.206. The second-order valence-electron chi connectivity index (χ2n) is 5.72. The molecule has 146 valence electrons. The number of nitrogens with zero attached hydrogens (tertiary/aromatic N) is 4. The first-order valence-electron chi connectivity index (χ1n) is 8.34. The van der Waals surface area contributed by atoms with Gasteiger partial charge in [0.2, 0.25) is 0 Å². The van der Waals surface area contributed by atoms with Crippen LogP contribution in [0.4, 0.5) is 19.7 Å². The summed E-state index contributed by atoms with van der Waals surface area (Å²) < 4.78 is 33.8. The highest BCUT2D eigenvalue weighted by molar-refractivity contribution is 7.99. The van der Waals surface area contributed by atoms with Crippen LogP contribution in [0.25, 0.3) is 0 Å². The zero-order chi connectivity index (χ0) is 20.2. The number of aryl methyl sites for hydroxylation is 1. The van der Waals surface area contributed by atoms with Gasteiger partial charge in [0, 0.05) is 30.0 Å². The number of ether oxygens (including phenoxy) is 1. The molecule has 0 radical (unpaired) electrons. The molecule has 10 heteroatoms. The average molecular weight is 429 g/mol. The third-order valence-corrected chi connectivity index (χ3v) is 5.36. The number of para-hydroxylation sites is 1. The third kappa shape index (κ3) is 4.66. The molecule has 0 fully saturated rings. The summed E-state index contributed by atoms with van der Waals surface area (Å²) in [6, 6.07) is 6.77. The predicted octanol–water partition coefficient (Wildman–Crippen LogP) is 5.60. The largest absolute Gasteiger partial charge is 0.450 e. The summed E-state index contributed by atoms with van der Waals surface area (Å²) in [4.78, 5) is 17.5. The van der Waals surface area contributed by atoms with Crippen molar-refractivity contribution in [3.8, 4) is 11.5 Å². The number of benzene rings is 1. The van der Waals surface area contributed by atoms with E-state index in [0.717, 1.165) is 17.8 Å². The van der Waals surface area contributed by atoms with E-state index in [1.807, 2.05) is 12.3 Å². The molecule has 4 aromatic rings. The topological polar surface area (TPSA) is 72.8 Å². The molecule has 3 aromatic heterocycles. The highest BCUT2D eigenvalue weighted by atomic mass is 32.2. The molecule has 0 unspecified atom stereocenters. The Bertz CT molecular complexity index is 1120. The minimum atomic E-state index is -0.807. The van der Waals surface area contributed by atoms with Crippen LogP contribution in [0.1, 0.15) is 5.69 Å².